The Morgan fingerprint density at radius 1 is 0.750 bits per heavy atom. The van der Waals surface area contributed by atoms with E-state index in [1.54, 1.807) is 18.2 Å². The lowest BCUT2D eigenvalue weighted by molar-refractivity contribution is 0.0975. The van der Waals surface area contributed by atoms with Crippen molar-refractivity contribution in [1.29, 1.82) is 0 Å². The third-order valence-electron chi connectivity index (χ3n) is 5.41. The van der Waals surface area contributed by atoms with Gasteiger partial charge in [-0.3, -0.25) is 9.59 Å². The van der Waals surface area contributed by atoms with Crippen LogP contribution < -0.4 is 5.32 Å². The quantitative estimate of drug-likeness (QED) is 0.320. The topological polar surface area (TPSA) is 66.4 Å². The Morgan fingerprint density at radius 2 is 1.53 bits per heavy atom. The van der Waals surface area contributed by atoms with Crippen molar-refractivity contribution in [2.24, 2.45) is 0 Å². The minimum Gasteiger partial charge on any atom is -0.507 e. The summed E-state index contributed by atoms with van der Waals surface area (Å²) in [6.45, 7) is 2.01. The van der Waals surface area contributed by atoms with Gasteiger partial charge in [-0.15, -0.1) is 0 Å². The van der Waals surface area contributed by atoms with Gasteiger partial charge in [0.15, 0.2) is 11.6 Å². The molecule has 1 aliphatic carbocycles. The normalized spacial score (nSPS) is 12.3. The van der Waals surface area contributed by atoms with Crippen LogP contribution in [0.5, 0.6) is 5.75 Å². The summed E-state index contributed by atoms with van der Waals surface area (Å²) in [5, 5.41) is 13.7. The molecule has 0 heterocycles. The number of hydrogen-bond acceptors (Lipinski definition) is 5. The molecule has 0 radical (unpaired) electrons. The molecule has 0 unspecified atom stereocenters. The summed E-state index contributed by atoms with van der Waals surface area (Å²) >= 11 is 1.45. The molecular formula is C27H19NO3S. The number of hydrogen-bond donors (Lipinski definition) is 2. The fourth-order valence-electron chi connectivity index (χ4n) is 3.94. The molecule has 2 N–H and O–H groups in total. The summed E-state index contributed by atoms with van der Waals surface area (Å²) in [7, 11) is 0. The fourth-order valence-corrected chi connectivity index (χ4v) is 5.04. The maximum Gasteiger partial charge on any atom is 0.198 e. The number of aromatic hydroxyl groups is 1. The summed E-state index contributed by atoms with van der Waals surface area (Å²) in [4.78, 5) is 28.9. The molecule has 0 fully saturated rings. The fraction of sp³-hybridized carbons (Fsp3) is 0.0370. The molecule has 5 rings (SSSR count). The molecule has 0 spiro atoms. The molecule has 0 bridgehead atoms. The first-order valence-corrected chi connectivity index (χ1v) is 11.0. The average molecular weight is 438 g/mol. The van der Waals surface area contributed by atoms with Gasteiger partial charge in [0.1, 0.15) is 5.75 Å². The van der Waals surface area contributed by atoms with Crippen molar-refractivity contribution in [3.05, 3.63) is 113 Å². The minimum atomic E-state index is -0.351. The van der Waals surface area contributed by atoms with E-state index in [1.165, 1.54) is 17.8 Å². The van der Waals surface area contributed by atoms with Crippen LogP contribution in [0.4, 0.5) is 11.4 Å². The van der Waals surface area contributed by atoms with Crippen molar-refractivity contribution in [2.75, 3.05) is 5.32 Å². The smallest absolute Gasteiger partial charge is 0.198 e. The summed E-state index contributed by atoms with van der Waals surface area (Å²) in [5.74, 6) is -0.824. The van der Waals surface area contributed by atoms with Crippen molar-refractivity contribution >= 4 is 34.7 Å². The monoisotopic (exact) mass is 437 g/mol. The number of para-hydroxylation sites is 1. The molecule has 156 valence electrons. The minimum absolute atomic E-state index is 0.0427. The number of ketones is 2. The predicted octanol–water partition coefficient (Wildman–Crippen LogP) is 6.37. The van der Waals surface area contributed by atoms with E-state index in [9.17, 15) is 14.7 Å². The molecule has 0 saturated heterocycles. The Kier molecular flexibility index (Phi) is 5.04. The molecule has 4 aromatic rings. The van der Waals surface area contributed by atoms with Gasteiger partial charge in [-0.25, -0.2) is 0 Å². The van der Waals surface area contributed by atoms with Crippen molar-refractivity contribution in [2.45, 2.75) is 16.7 Å². The van der Waals surface area contributed by atoms with Gasteiger partial charge >= 0.3 is 0 Å². The van der Waals surface area contributed by atoms with Gasteiger partial charge in [0.05, 0.1) is 16.8 Å². The molecule has 0 amide bonds. The Morgan fingerprint density at radius 3 is 2.31 bits per heavy atom. The van der Waals surface area contributed by atoms with E-state index in [0.717, 1.165) is 16.1 Å². The summed E-state index contributed by atoms with van der Waals surface area (Å²) in [6, 6.07) is 25.8. The van der Waals surface area contributed by atoms with E-state index in [4.69, 9.17) is 0 Å². The lowest BCUT2D eigenvalue weighted by Crippen LogP contribution is -2.23. The highest BCUT2D eigenvalue weighted by molar-refractivity contribution is 7.99. The van der Waals surface area contributed by atoms with Crippen LogP contribution in [0.2, 0.25) is 0 Å². The second-order valence-electron chi connectivity index (χ2n) is 7.63. The summed E-state index contributed by atoms with van der Waals surface area (Å²) < 4.78 is 0. The molecule has 4 aromatic carbocycles. The number of benzene rings is 4. The van der Waals surface area contributed by atoms with Crippen LogP contribution in [0.1, 0.15) is 37.4 Å². The van der Waals surface area contributed by atoms with E-state index in [2.05, 4.69) is 5.32 Å². The Labute approximate surface area is 189 Å². The van der Waals surface area contributed by atoms with Crippen molar-refractivity contribution in [3.8, 4) is 5.75 Å². The lowest BCUT2D eigenvalue weighted by atomic mass is 9.82. The number of rotatable bonds is 4. The Bertz CT molecular complexity index is 1380. The SMILES string of the molecule is Cc1cccc(Sc2cccc3c2C(=O)c2c(Nc4ccccc4)ccc(O)c2C3=O)c1. The van der Waals surface area contributed by atoms with E-state index in [0.29, 0.717) is 21.7 Å². The van der Waals surface area contributed by atoms with Gasteiger partial charge in [0.2, 0.25) is 0 Å². The highest BCUT2D eigenvalue weighted by Gasteiger charge is 2.36. The first kappa shape index (κ1) is 20.1. The third kappa shape index (κ3) is 3.47. The molecule has 0 saturated carbocycles. The molecule has 5 heteroatoms. The molecule has 0 atom stereocenters. The summed E-state index contributed by atoms with van der Waals surface area (Å²) in [5.41, 5.74) is 3.32. The van der Waals surface area contributed by atoms with Crippen LogP contribution in [-0.2, 0) is 0 Å². The molecule has 0 aliphatic heterocycles. The van der Waals surface area contributed by atoms with Crippen molar-refractivity contribution in [1.82, 2.24) is 0 Å². The second kappa shape index (κ2) is 8.02. The van der Waals surface area contributed by atoms with Crippen LogP contribution in [0.25, 0.3) is 0 Å². The number of fused-ring (bicyclic) bond motifs is 2. The van der Waals surface area contributed by atoms with Crippen LogP contribution in [0, 0.1) is 6.92 Å². The number of carbonyl (C=O) groups excluding carboxylic acids is 2. The first-order chi connectivity index (χ1) is 15.5. The number of phenolic OH excluding ortho intramolecular Hbond substituents is 1. The lowest BCUT2D eigenvalue weighted by Gasteiger charge is -2.23. The van der Waals surface area contributed by atoms with Crippen molar-refractivity contribution < 1.29 is 14.7 Å². The van der Waals surface area contributed by atoms with Gasteiger partial charge in [-0.2, -0.15) is 0 Å². The molecule has 4 nitrogen and oxygen atoms in total. The summed E-state index contributed by atoms with van der Waals surface area (Å²) in [6.07, 6.45) is 0. The van der Waals surface area contributed by atoms with Gasteiger partial charge < -0.3 is 10.4 Å². The van der Waals surface area contributed by atoms with Gasteiger partial charge in [0.25, 0.3) is 0 Å². The van der Waals surface area contributed by atoms with Crippen LogP contribution >= 0.6 is 11.8 Å². The maximum atomic E-state index is 13.8. The number of nitrogens with one attached hydrogen (secondary N) is 1. The number of phenols is 1. The third-order valence-corrected chi connectivity index (χ3v) is 6.46. The molecule has 0 aromatic heterocycles. The number of carbonyl (C=O) groups is 2. The number of anilines is 2. The van der Waals surface area contributed by atoms with Crippen LogP contribution in [0.15, 0.2) is 94.7 Å². The zero-order valence-corrected chi connectivity index (χ0v) is 18.1. The Balaban J connectivity index is 1.65. The van der Waals surface area contributed by atoms with E-state index in [1.807, 2.05) is 67.6 Å². The highest BCUT2D eigenvalue weighted by Crippen LogP contribution is 2.42. The predicted molar refractivity (Wildman–Crippen MR) is 126 cm³/mol. The largest absolute Gasteiger partial charge is 0.507 e. The standard InChI is InChI=1S/C27H19NO3S/c1-16-7-5-10-18(15-16)32-22-12-6-11-19-23(22)27(31)24-20(28-17-8-3-2-4-9-17)13-14-21(29)25(24)26(19)30/h2-15,28-29H,1H3. The molecule has 1 aliphatic rings. The van der Waals surface area contributed by atoms with E-state index >= 15 is 0 Å². The van der Waals surface area contributed by atoms with Crippen molar-refractivity contribution in [3.63, 3.8) is 0 Å². The molecule has 32 heavy (non-hydrogen) atoms. The zero-order valence-electron chi connectivity index (χ0n) is 17.3. The molecular weight excluding hydrogens is 418 g/mol. The van der Waals surface area contributed by atoms with E-state index in [-0.39, 0.29) is 28.4 Å². The van der Waals surface area contributed by atoms with Crippen LogP contribution in [-0.4, -0.2) is 16.7 Å². The first-order valence-electron chi connectivity index (χ1n) is 10.2. The van der Waals surface area contributed by atoms with Crippen LogP contribution in [0.3, 0.4) is 0 Å². The van der Waals surface area contributed by atoms with E-state index < -0.39 is 0 Å². The van der Waals surface area contributed by atoms with Gasteiger partial charge in [-0.05, 0) is 49.4 Å². The zero-order chi connectivity index (χ0) is 22.2. The van der Waals surface area contributed by atoms with Gasteiger partial charge in [0, 0.05) is 26.6 Å². The number of aryl methyl sites for hydroxylation is 1. The maximum absolute atomic E-state index is 13.8. The highest BCUT2D eigenvalue weighted by atomic mass is 32.2. The average Bonchev–Trinajstić information content (AvgIpc) is 2.79. The van der Waals surface area contributed by atoms with Gasteiger partial charge in [-0.1, -0.05) is 59.8 Å². The second-order valence-corrected chi connectivity index (χ2v) is 8.74. The Hall–Kier alpha value is -3.83.